The lowest BCUT2D eigenvalue weighted by Crippen LogP contribution is -2.42. The van der Waals surface area contributed by atoms with Crippen LogP contribution in [0.4, 0.5) is 29.3 Å². The Balaban J connectivity index is 1.93. The van der Waals surface area contributed by atoms with Crippen molar-refractivity contribution in [3.63, 3.8) is 0 Å². The monoisotopic (exact) mass is 331 g/mol. The fourth-order valence-electron chi connectivity index (χ4n) is 2.51. The van der Waals surface area contributed by atoms with Gasteiger partial charge in [-0.05, 0) is 38.0 Å². The molecule has 0 aliphatic carbocycles. The number of nitrogens with one attached hydrogen (secondary N) is 1. The van der Waals surface area contributed by atoms with Crippen LogP contribution in [0.1, 0.15) is 25.3 Å². The van der Waals surface area contributed by atoms with Gasteiger partial charge in [-0.1, -0.05) is 0 Å². The number of anilines is 2. The number of benzene rings is 1. The molecule has 1 saturated heterocycles. The fraction of sp³-hybridized carbons (Fsp3) is 0.533. The van der Waals surface area contributed by atoms with Crippen molar-refractivity contribution in [1.29, 1.82) is 0 Å². The summed E-state index contributed by atoms with van der Waals surface area (Å²) in [4.78, 5) is 13.2. The number of halogens is 3. The first-order chi connectivity index (χ1) is 10.8. The molecule has 3 N–H and O–H groups in total. The summed E-state index contributed by atoms with van der Waals surface area (Å²) in [6, 6.07) is 3.33. The quantitative estimate of drug-likeness (QED) is 0.834. The Kier molecular flexibility index (Phi) is 5.23. The number of likely N-dealkylation sites (tertiary alicyclic amines) is 1. The van der Waals surface area contributed by atoms with E-state index in [1.54, 1.807) is 11.8 Å². The van der Waals surface area contributed by atoms with E-state index >= 15 is 0 Å². The third kappa shape index (κ3) is 4.43. The summed E-state index contributed by atoms with van der Waals surface area (Å²) in [6.45, 7) is 3.16. The predicted octanol–water partition coefficient (Wildman–Crippen LogP) is 3.32. The molecule has 0 spiro atoms. The molecule has 5 nitrogen and oxygen atoms in total. The number of nitrogens with two attached hydrogens (primary N) is 1. The molecule has 0 radical (unpaired) electrons. The van der Waals surface area contributed by atoms with Crippen LogP contribution in [0.2, 0.25) is 0 Å². The average Bonchev–Trinajstić information content (AvgIpc) is 2.49. The largest absolute Gasteiger partial charge is 0.450 e. The van der Waals surface area contributed by atoms with Gasteiger partial charge in [-0.15, -0.1) is 0 Å². The van der Waals surface area contributed by atoms with E-state index in [2.05, 4.69) is 5.32 Å². The van der Waals surface area contributed by atoms with Crippen LogP contribution in [0.25, 0.3) is 0 Å². The van der Waals surface area contributed by atoms with Crippen LogP contribution in [0.15, 0.2) is 18.2 Å². The fourth-order valence-corrected chi connectivity index (χ4v) is 2.51. The standard InChI is InChI=1S/C15H20F3N3O2/c1-2-23-14(22)21-7-5-11(6-8-21)20-13-4-3-10(9-12(13)19)15(16,17)18/h3-4,9,11,20H,2,5-8,19H2,1H3. The molecule has 128 valence electrons. The Bertz CT molecular complexity index is 555. The zero-order valence-corrected chi connectivity index (χ0v) is 12.8. The van der Waals surface area contributed by atoms with Gasteiger partial charge in [0.05, 0.1) is 23.5 Å². The summed E-state index contributed by atoms with van der Waals surface area (Å²) in [5, 5.41) is 3.15. The van der Waals surface area contributed by atoms with E-state index < -0.39 is 11.7 Å². The van der Waals surface area contributed by atoms with E-state index in [0.717, 1.165) is 12.1 Å². The van der Waals surface area contributed by atoms with Crippen LogP contribution in [0.5, 0.6) is 0 Å². The van der Waals surface area contributed by atoms with Crippen molar-refractivity contribution in [3.05, 3.63) is 23.8 Å². The number of alkyl halides is 3. The average molecular weight is 331 g/mol. The second-order valence-corrected chi connectivity index (χ2v) is 5.40. The SMILES string of the molecule is CCOC(=O)N1CCC(Nc2ccc(C(F)(F)F)cc2N)CC1. The molecule has 0 saturated carbocycles. The molecule has 1 aromatic carbocycles. The highest BCUT2D eigenvalue weighted by molar-refractivity contribution is 5.69. The number of carbonyl (C=O) groups excluding carboxylic acids is 1. The maximum Gasteiger partial charge on any atom is 0.416 e. The van der Waals surface area contributed by atoms with E-state index in [9.17, 15) is 18.0 Å². The first-order valence-electron chi connectivity index (χ1n) is 7.46. The number of hydrogen-bond donors (Lipinski definition) is 2. The number of ether oxygens (including phenoxy) is 1. The van der Waals surface area contributed by atoms with E-state index in [-0.39, 0.29) is 17.8 Å². The van der Waals surface area contributed by atoms with Crippen molar-refractivity contribution in [2.75, 3.05) is 30.7 Å². The van der Waals surface area contributed by atoms with Crippen molar-refractivity contribution in [1.82, 2.24) is 4.90 Å². The van der Waals surface area contributed by atoms with Gasteiger partial charge in [0.2, 0.25) is 0 Å². The van der Waals surface area contributed by atoms with E-state index in [1.807, 2.05) is 0 Å². The van der Waals surface area contributed by atoms with Crippen LogP contribution in [0, 0.1) is 0 Å². The molecule has 0 aromatic heterocycles. The molecule has 1 heterocycles. The third-order valence-electron chi connectivity index (χ3n) is 3.76. The molecule has 1 amide bonds. The normalized spacial score (nSPS) is 16.3. The molecule has 8 heteroatoms. The van der Waals surface area contributed by atoms with Crippen molar-refractivity contribution in [2.45, 2.75) is 32.0 Å². The number of nitrogens with zero attached hydrogens (tertiary/aromatic N) is 1. The Morgan fingerprint density at radius 1 is 1.39 bits per heavy atom. The van der Waals surface area contributed by atoms with Gasteiger partial charge in [0, 0.05) is 19.1 Å². The van der Waals surface area contributed by atoms with Crippen molar-refractivity contribution in [2.24, 2.45) is 0 Å². The second-order valence-electron chi connectivity index (χ2n) is 5.40. The van der Waals surface area contributed by atoms with Gasteiger partial charge in [-0.25, -0.2) is 4.79 Å². The summed E-state index contributed by atoms with van der Waals surface area (Å²) in [5.41, 5.74) is 5.48. The molecule has 2 rings (SSSR count). The van der Waals surface area contributed by atoms with Gasteiger partial charge in [0.15, 0.2) is 0 Å². The third-order valence-corrected chi connectivity index (χ3v) is 3.76. The molecule has 1 aliphatic rings. The van der Waals surface area contributed by atoms with Crippen molar-refractivity contribution < 1.29 is 22.7 Å². The lowest BCUT2D eigenvalue weighted by atomic mass is 10.0. The first-order valence-corrected chi connectivity index (χ1v) is 7.46. The number of carbonyl (C=O) groups is 1. The van der Waals surface area contributed by atoms with Gasteiger partial charge in [-0.3, -0.25) is 0 Å². The summed E-state index contributed by atoms with van der Waals surface area (Å²) >= 11 is 0. The van der Waals surface area contributed by atoms with E-state index in [0.29, 0.717) is 38.2 Å². The van der Waals surface area contributed by atoms with Crippen LogP contribution < -0.4 is 11.1 Å². The van der Waals surface area contributed by atoms with Crippen LogP contribution in [-0.2, 0) is 10.9 Å². The van der Waals surface area contributed by atoms with Crippen molar-refractivity contribution >= 4 is 17.5 Å². The van der Waals surface area contributed by atoms with Crippen LogP contribution in [0.3, 0.4) is 0 Å². The number of nitrogen functional groups attached to an aromatic ring is 1. The summed E-state index contributed by atoms with van der Waals surface area (Å²) < 4.78 is 42.8. The molecule has 1 aliphatic heterocycles. The molecule has 1 fully saturated rings. The summed E-state index contributed by atoms with van der Waals surface area (Å²) in [5.74, 6) is 0. The first kappa shape index (κ1) is 17.2. The topological polar surface area (TPSA) is 67.6 Å². The Morgan fingerprint density at radius 2 is 2.04 bits per heavy atom. The second kappa shape index (κ2) is 6.97. The number of hydrogen-bond acceptors (Lipinski definition) is 4. The zero-order chi connectivity index (χ0) is 17.0. The van der Waals surface area contributed by atoms with E-state index in [1.165, 1.54) is 6.07 Å². The number of rotatable bonds is 3. The van der Waals surface area contributed by atoms with Crippen molar-refractivity contribution in [3.8, 4) is 0 Å². The maximum atomic E-state index is 12.6. The Morgan fingerprint density at radius 3 is 2.57 bits per heavy atom. The summed E-state index contributed by atoms with van der Waals surface area (Å²) in [6.07, 6.45) is -3.38. The molecule has 0 atom stereocenters. The summed E-state index contributed by atoms with van der Waals surface area (Å²) in [7, 11) is 0. The Labute approximate surface area is 132 Å². The van der Waals surface area contributed by atoms with Gasteiger partial charge in [0.25, 0.3) is 0 Å². The van der Waals surface area contributed by atoms with Gasteiger partial charge >= 0.3 is 12.3 Å². The molecule has 1 aromatic rings. The smallest absolute Gasteiger partial charge is 0.416 e. The Hall–Kier alpha value is -2.12. The molecule has 0 unspecified atom stereocenters. The van der Waals surface area contributed by atoms with Gasteiger partial charge in [0.1, 0.15) is 0 Å². The molecule has 0 bridgehead atoms. The minimum Gasteiger partial charge on any atom is -0.450 e. The number of amides is 1. The minimum absolute atomic E-state index is 0.0553. The minimum atomic E-state index is -4.41. The predicted molar refractivity (Wildman–Crippen MR) is 81.1 cm³/mol. The van der Waals surface area contributed by atoms with Crippen LogP contribution >= 0.6 is 0 Å². The lowest BCUT2D eigenvalue weighted by molar-refractivity contribution is -0.137. The molecular weight excluding hydrogens is 311 g/mol. The highest BCUT2D eigenvalue weighted by Gasteiger charge is 2.31. The van der Waals surface area contributed by atoms with Gasteiger partial charge in [-0.2, -0.15) is 13.2 Å². The van der Waals surface area contributed by atoms with E-state index in [4.69, 9.17) is 10.5 Å². The van der Waals surface area contributed by atoms with Crippen LogP contribution in [-0.4, -0.2) is 36.7 Å². The lowest BCUT2D eigenvalue weighted by Gasteiger charge is -2.32. The molecular formula is C15H20F3N3O2. The zero-order valence-electron chi connectivity index (χ0n) is 12.8. The van der Waals surface area contributed by atoms with Gasteiger partial charge < -0.3 is 20.7 Å². The highest BCUT2D eigenvalue weighted by Crippen LogP contribution is 2.33. The highest BCUT2D eigenvalue weighted by atomic mass is 19.4. The number of piperidine rings is 1. The molecule has 23 heavy (non-hydrogen) atoms. The maximum absolute atomic E-state index is 12.6.